The summed E-state index contributed by atoms with van der Waals surface area (Å²) in [5.74, 6) is 0.833. The van der Waals surface area contributed by atoms with Crippen molar-refractivity contribution in [2.24, 2.45) is 11.3 Å². The van der Waals surface area contributed by atoms with Crippen LogP contribution in [0.2, 0.25) is 0 Å². The molecule has 0 amide bonds. The molecule has 1 aromatic carbocycles. The van der Waals surface area contributed by atoms with Gasteiger partial charge in [0, 0.05) is 31.4 Å². The second kappa shape index (κ2) is 5.77. The summed E-state index contributed by atoms with van der Waals surface area (Å²) < 4.78 is 0. The van der Waals surface area contributed by atoms with Gasteiger partial charge in [0.2, 0.25) is 0 Å². The van der Waals surface area contributed by atoms with Gasteiger partial charge in [-0.25, -0.2) is 0 Å². The van der Waals surface area contributed by atoms with Gasteiger partial charge in [0.25, 0.3) is 0 Å². The Kier molecular flexibility index (Phi) is 4.02. The number of para-hydroxylation sites is 1. The van der Waals surface area contributed by atoms with Gasteiger partial charge in [-0.1, -0.05) is 32.0 Å². The summed E-state index contributed by atoms with van der Waals surface area (Å²) >= 11 is 0. The Morgan fingerprint density at radius 2 is 1.80 bits per heavy atom. The normalized spacial score (nSPS) is 22.2. The Morgan fingerprint density at radius 1 is 1.15 bits per heavy atom. The molecule has 110 valence electrons. The van der Waals surface area contributed by atoms with Gasteiger partial charge in [-0.15, -0.1) is 0 Å². The SMILES string of the molecule is CC(C)C1(CNC2CCN(c3ccccc3)CC2)CC1. The zero-order chi connectivity index (χ0) is 14.0. The molecule has 0 atom stereocenters. The summed E-state index contributed by atoms with van der Waals surface area (Å²) in [6, 6.07) is 11.6. The predicted molar refractivity (Wildman–Crippen MR) is 86.2 cm³/mol. The van der Waals surface area contributed by atoms with Crippen LogP contribution in [0, 0.1) is 11.3 Å². The van der Waals surface area contributed by atoms with Crippen LogP contribution in [0.1, 0.15) is 39.5 Å². The quantitative estimate of drug-likeness (QED) is 0.879. The largest absolute Gasteiger partial charge is 0.371 e. The van der Waals surface area contributed by atoms with E-state index in [2.05, 4.69) is 54.4 Å². The van der Waals surface area contributed by atoms with Gasteiger partial charge in [0.1, 0.15) is 0 Å². The van der Waals surface area contributed by atoms with Crippen molar-refractivity contribution in [1.82, 2.24) is 5.32 Å². The van der Waals surface area contributed by atoms with E-state index in [1.165, 1.54) is 51.0 Å². The Labute approximate surface area is 123 Å². The molecule has 1 aliphatic carbocycles. The van der Waals surface area contributed by atoms with Crippen LogP contribution in [-0.4, -0.2) is 25.7 Å². The van der Waals surface area contributed by atoms with E-state index < -0.39 is 0 Å². The van der Waals surface area contributed by atoms with Gasteiger partial charge in [-0.2, -0.15) is 0 Å². The lowest BCUT2D eigenvalue weighted by Crippen LogP contribution is -2.44. The molecule has 3 rings (SSSR count). The molecule has 1 heterocycles. The van der Waals surface area contributed by atoms with E-state index in [9.17, 15) is 0 Å². The van der Waals surface area contributed by atoms with Crippen molar-refractivity contribution in [2.45, 2.75) is 45.6 Å². The molecule has 1 N–H and O–H groups in total. The standard InChI is InChI=1S/C18H28N2/c1-15(2)18(10-11-18)14-19-16-8-12-20(13-9-16)17-6-4-3-5-7-17/h3-7,15-16,19H,8-14H2,1-2H3. The molecular formula is C18H28N2. The van der Waals surface area contributed by atoms with Crippen LogP contribution in [0.3, 0.4) is 0 Å². The molecule has 2 fully saturated rings. The van der Waals surface area contributed by atoms with E-state index in [-0.39, 0.29) is 0 Å². The first-order chi connectivity index (χ1) is 9.70. The molecule has 0 aromatic heterocycles. The molecule has 1 aliphatic heterocycles. The lowest BCUT2D eigenvalue weighted by Gasteiger charge is -2.35. The first-order valence-corrected chi connectivity index (χ1v) is 8.23. The second-order valence-electron chi connectivity index (χ2n) is 6.99. The van der Waals surface area contributed by atoms with Crippen molar-refractivity contribution in [3.63, 3.8) is 0 Å². The molecular weight excluding hydrogens is 244 g/mol. The zero-order valence-corrected chi connectivity index (χ0v) is 12.9. The molecule has 1 aromatic rings. The number of rotatable bonds is 5. The summed E-state index contributed by atoms with van der Waals surface area (Å²) in [7, 11) is 0. The third-order valence-electron chi connectivity index (χ3n) is 5.48. The Hall–Kier alpha value is -1.02. The Bertz CT molecular complexity index is 414. The maximum Gasteiger partial charge on any atom is 0.0366 e. The number of benzene rings is 1. The molecule has 0 radical (unpaired) electrons. The minimum Gasteiger partial charge on any atom is -0.371 e. The van der Waals surface area contributed by atoms with E-state index in [0.29, 0.717) is 5.41 Å². The van der Waals surface area contributed by atoms with E-state index >= 15 is 0 Å². The summed E-state index contributed by atoms with van der Waals surface area (Å²) in [6.07, 6.45) is 5.42. The van der Waals surface area contributed by atoms with Crippen LogP contribution in [-0.2, 0) is 0 Å². The van der Waals surface area contributed by atoms with Crippen molar-refractivity contribution < 1.29 is 0 Å². The smallest absolute Gasteiger partial charge is 0.0366 e. The Balaban J connectivity index is 1.45. The van der Waals surface area contributed by atoms with Gasteiger partial charge < -0.3 is 10.2 Å². The van der Waals surface area contributed by atoms with Gasteiger partial charge in [-0.3, -0.25) is 0 Å². The van der Waals surface area contributed by atoms with Crippen molar-refractivity contribution in [3.8, 4) is 0 Å². The third kappa shape index (κ3) is 3.01. The summed E-state index contributed by atoms with van der Waals surface area (Å²) in [5, 5.41) is 3.85. The maximum atomic E-state index is 3.85. The molecule has 1 saturated heterocycles. The molecule has 2 heteroatoms. The first-order valence-electron chi connectivity index (χ1n) is 8.23. The average Bonchev–Trinajstić information content (AvgIpc) is 3.28. The minimum atomic E-state index is 0.635. The molecule has 2 aliphatic rings. The number of nitrogens with one attached hydrogen (secondary N) is 1. The second-order valence-corrected chi connectivity index (χ2v) is 6.99. The topological polar surface area (TPSA) is 15.3 Å². The fourth-order valence-electron chi connectivity index (χ4n) is 3.45. The van der Waals surface area contributed by atoms with Crippen molar-refractivity contribution >= 4 is 5.69 Å². The highest BCUT2D eigenvalue weighted by molar-refractivity contribution is 5.46. The van der Waals surface area contributed by atoms with Crippen molar-refractivity contribution in [3.05, 3.63) is 30.3 Å². The monoisotopic (exact) mass is 272 g/mol. The van der Waals surface area contributed by atoms with E-state index in [1.54, 1.807) is 0 Å². The fraction of sp³-hybridized carbons (Fsp3) is 0.667. The van der Waals surface area contributed by atoms with Crippen LogP contribution in [0.5, 0.6) is 0 Å². The molecule has 20 heavy (non-hydrogen) atoms. The summed E-state index contributed by atoms with van der Waals surface area (Å²) in [4.78, 5) is 2.52. The van der Waals surface area contributed by atoms with Gasteiger partial charge >= 0.3 is 0 Å². The summed E-state index contributed by atoms with van der Waals surface area (Å²) in [6.45, 7) is 8.38. The number of nitrogens with zero attached hydrogens (tertiary/aromatic N) is 1. The Morgan fingerprint density at radius 3 is 2.35 bits per heavy atom. The van der Waals surface area contributed by atoms with Crippen LogP contribution < -0.4 is 10.2 Å². The van der Waals surface area contributed by atoms with Crippen LogP contribution in [0.15, 0.2) is 30.3 Å². The third-order valence-corrected chi connectivity index (χ3v) is 5.48. The molecule has 0 spiro atoms. The predicted octanol–water partition coefficient (Wildman–Crippen LogP) is 3.68. The average molecular weight is 272 g/mol. The van der Waals surface area contributed by atoms with Gasteiger partial charge in [-0.05, 0) is 49.1 Å². The fourth-order valence-corrected chi connectivity index (χ4v) is 3.45. The minimum absolute atomic E-state index is 0.635. The van der Waals surface area contributed by atoms with E-state index in [1.807, 2.05) is 0 Å². The van der Waals surface area contributed by atoms with Crippen LogP contribution in [0.25, 0.3) is 0 Å². The van der Waals surface area contributed by atoms with Gasteiger partial charge in [0.15, 0.2) is 0 Å². The highest BCUT2D eigenvalue weighted by Crippen LogP contribution is 2.51. The molecule has 0 unspecified atom stereocenters. The van der Waals surface area contributed by atoms with Crippen molar-refractivity contribution in [2.75, 3.05) is 24.5 Å². The van der Waals surface area contributed by atoms with Crippen LogP contribution in [0.4, 0.5) is 5.69 Å². The highest BCUT2D eigenvalue weighted by Gasteiger charge is 2.45. The molecule has 2 nitrogen and oxygen atoms in total. The maximum absolute atomic E-state index is 3.85. The summed E-state index contributed by atoms with van der Waals surface area (Å²) in [5.41, 5.74) is 2.02. The first kappa shape index (κ1) is 13.9. The van der Waals surface area contributed by atoms with Gasteiger partial charge in [0.05, 0.1) is 0 Å². The molecule has 1 saturated carbocycles. The number of hydrogen-bond donors (Lipinski definition) is 1. The lowest BCUT2D eigenvalue weighted by molar-refractivity contribution is 0.302. The van der Waals surface area contributed by atoms with E-state index in [0.717, 1.165) is 12.0 Å². The van der Waals surface area contributed by atoms with Crippen LogP contribution >= 0.6 is 0 Å². The molecule has 0 bridgehead atoms. The van der Waals surface area contributed by atoms with E-state index in [4.69, 9.17) is 0 Å². The number of anilines is 1. The highest BCUT2D eigenvalue weighted by atomic mass is 15.1. The lowest BCUT2D eigenvalue weighted by atomic mass is 9.91. The number of hydrogen-bond acceptors (Lipinski definition) is 2. The zero-order valence-electron chi connectivity index (χ0n) is 12.9. The number of piperidine rings is 1. The van der Waals surface area contributed by atoms with Crippen molar-refractivity contribution in [1.29, 1.82) is 0 Å².